The highest BCUT2D eigenvalue weighted by Gasteiger charge is 2.22. The third kappa shape index (κ3) is 2.86. The van der Waals surface area contributed by atoms with Crippen molar-refractivity contribution in [2.24, 2.45) is 5.92 Å². The van der Waals surface area contributed by atoms with E-state index in [2.05, 4.69) is 4.90 Å². The smallest absolute Gasteiger partial charge is 0.338 e. The predicted octanol–water partition coefficient (Wildman–Crippen LogP) is 1.34. The molecule has 1 aromatic carbocycles. The van der Waals surface area contributed by atoms with Gasteiger partial charge in [0.15, 0.2) is 0 Å². The topological polar surface area (TPSA) is 60.8 Å². The highest BCUT2D eigenvalue weighted by Crippen LogP contribution is 2.19. The van der Waals surface area contributed by atoms with E-state index in [9.17, 15) is 9.18 Å². The van der Waals surface area contributed by atoms with E-state index in [0.29, 0.717) is 12.5 Å². The van der Waals surface area contributed by atoms with Crippen molar-refractivity contribution in [3.8, 4) is 0 Å². The lowest BCUT2D eigenvalue weighted by atomic mass is 10.1. The average Bonchev–Trinajstić information content (AvgIpc) is 2.76. The van der Waals surface area contributed by atoms with Crippen LogP contribution in [-0.2, 0) is 6.54 Å². The summed E-state index contributed by atoms with van der Waals surface area (Å²) in [4.78, 5) is 12.8. The van der Waals surface area contributed by atoms with Crippen LogP contribution in [0, 0.1) is 11.7 Å². The molecule has 1 unspecified atom stereocenters. The van der Waals surface area contributed by atoms with Gasteiger partial charge >= 0.3 is 5.97 Å². The van der Waals surface area contributed by atoms with Crippen molar-refractivity contribution in [2.45, 2.75) is 13.0 Å². The molecule has 0 saturated carbocycles. The van der Waals surface area contributed by atoms with Crippen LogP contribution in [0.3, 0.4) is 0 Å². The monoisotopic (exact) mass is 253 g/mol. The zero-order valence-electron chi connectivity index (χ0n) is 9.97. The summed E-state index contributed by atoms with van der Waals surface area (Å²) >= 11 is 0. The maximum atomic E-state index is 13.5. The van der Waals surface area contributed by atoms with Gasteiger partial charge in [-0.2, -0.15) is 0 Å². The number of aliphatic hydroxyl groups excluding tert-OH is 1. The molecular weight excluding hydrogens is 237 g/mol. The zero-order valence-corrected chi connectivity index (χ0v) is 9.97. The fourth-order valence-electron chi connectivity index (χ4n) is 2.29. The third-order valence-electron chi connectivity index (χ3n) is 3.30. The Morgan fingerprint density at radius 1 is 1.50 bits per heavy atom. The van der Waals surface area contributed by atoms with Crippen LogP contribution in [0.25, 0.3) is 0 Å². The van der Waals surface area contributed by atoms with Gasteiger partial charge in [-0.25, -0.2) is 9.18 Å². The molecule has 5 heteroatoms. The van der Waals surface area contributed by atoms with Gasteiger partial charge in [0.05, 0.1) is 5.56 Å². The molecular formula is C13H16FNO3. The fourth-order valence-corrected chi connectivity index (χ4v) is 2.29. The van der Waals surface area contributed by atoms with Crippen molar-refractivity contribution in [2.75, 3.05) is 19.7 Å². The van der Waals surface area contributed by atoms with E-state index in [1.165, 1.54) is 12.1 Å². The van der Waals surface area contributed by atoms with E-state index in [-0.39, 0.29) is 12.2 Å². The Morgan fingerprint density at radius 3 is 2.83 bits per heavy atom. The van der Waals surface area contributed by atoms with Crippen molar-refractivity contribution in [1.29, 1.82) is 0 Å². The molecule has 1 saturated heterocycles. The number of halogens is 1. The second kappa shape index (κ2) is 5.46. The van der Waals surface area contributed by atoms with E-state index in [4.69, 9.17) is 10.2 Å². The number of nitrogens with zero attached hydrogens (tertiary/aromatic N) is 1. The minimum atomic E-state index is -1.25. The number of hydrogen-bond acceptors (Lipinski definition) is 3. The van der Waals surface area contributed by atoms with E-state index < -0.39 is 11.8 Å². The van der Waals surface area contributed by atoms with Crippen LogP contribution in [0.4, 0.5) is 4.39 Å². The minimum absolute atomic E-state index is 0.183. The van der Waals surface area contributed by atoms with Gasteiger partial charge in [-0.15, -0.1) is 0 Å². The number of aliphatic hydroxyl groups is 1. The number of benzene rings is 1. The lowest BCUT2D eigenvalue weighted by molar-refractivity contribution is 0.0692. The summed E-state index contributed by atoms with van der Waals surface area (Å²) in [7, 11) is 0. The van der Waals surface area contributed by atoms with Crippen LogP contribution in [-0.4, -0.2) is 40.8 Å². The minimum Gasteiger partial charge on any atom is -0.478 e. The Labute approximate surface area is 105 Å². The lowest BCUT2D eigenvalue weighted by Gasteiger charge is -2.15. The van der Waals surface area contributed by atoms with E-state index in [1.54, 1.807) is 6.07 Å². The van der Waals surface area contributed by atoms with E-state index in [0.717, 1.165) is 25.1 Å². The van der Waals surface area contributed by atoms with Gasteiger partial charge in [0.1, 0.15) is 5.82 Å². The van der Waals surface area contributed by atoms with Gasteiger partial charge in [0.2, 0.25) is 0 Å². The summed E-state index contributed by atoms with van der Waals surface area (Å²) in [5.74, 6) is -1.65. The Hall–Kier alpha value is -1.46. The van der Waals surface area contributed by atoms with Gasteiger partial charge in [0, 0.05) is 19.7 Å². The van der Waals surface area contributed by atoms with Crippen molar-refractivity contribution in [3.05, 3.63) is 35.1 Å². The van der Waals surface area contributed by atoms with Crippen molar-refractivity contribution in [1.82, 2.24) is 4.90 Å². The molecule has 2 rings (SSSR count). The second-order valence-electron chi connectivity index (χ2n) is 4.69. The first-order valence-corrected chi connectivity index (χ1v) is 5.95. The van der Waals surface area contributed by atoms with Crippen LogP contribution < -0.4 is 0 Å². The predicted molar refractivity (Wildman–Crippen MR) is 63.8 cm³/mol. The van der Waals surface area contributed by atoms with Crippen molar-refractivity contribution in [3.63, 3.8) is 0 Å². The van der Waals surface area contributed by atoms with Gasteiger partial charge in [-0.3, -0.25) is 4.90 Å². The van der Waals surface area contributed by atoms with Crippen LogP contribution in [0.5, 0.6) is 0 Å². The molecule has 0 aliphatic carbocycles. The normalized spacial score (nSPS) is 20.2. The van der Waals surface area contributed by atoms with Crippen LogP contribution in [0.1, 0.15) is 22.3 Å². The Kier molecular flexibility index (Phi) is 3.93. The van der Waals surface area contributed by atoms with Crippen LogP contribution in [0.15, 0.2) is 18.2 Å². The van der Waals surface area contributed by atoms with Gasteiger partial charge in [0.25, 0.3) is 0 Å². The molecule has 1 atom stereocenters. The van der Waals surface area contributed by atoms with E-state index in [1.807, 2.05) is 0 Å². The van der Waals surface area contributed by atoms with Crippen molar-refractivity contribution >= 4 is 5.97 Å². The maximum absolute atomic E-state index is 13.5. The molecule has 98 valence electrons. The Morgan fingerprint density at radius 2 is 2.28 bits per heavy atom. The number of hydrogen-bond donors (Lipinski definition) is 2. The van der Waals surface area contributed by atoms with Crippen LogP contribution in [0.2, 0.25) is 0 Å². The molecule has 0 amide bonds. The van der Waals surface area contributed by atoms with Gasteiger partial charge in [-0.1, -0.05) is 6.07 Å². The first kappa shape index (κ1) is 13.0. The standard InChI is InChI=1S/C13H16FNO3/c14-12-5-9(1-2-11(12)13(17)18)6-15-4-3-10(7-15)8-16/h1-2,5,10,16H,3-4,6-8H2,(H,17,18). The SMILES string of the molecule is O=C(O)c1ccc(CN2CCC(CO)C2)cc1F. The first-order chi connectivity index (χ1) is 8.60. The molecule has 0 spiro atoms. The molecule has 2 N–H and O–H groups in total. The molecule has 1 fully saturated rings. The lowest BCUT2D eigenvalue weighted by Crippen LogP contribution is -2.21. The molecule has 0 radical (unpaired) electrons. The highest BCUT2D eigenvalue weighted by atomic mass is 19.1. The molecule has 18 heavy (non-hydrogen) atoms. The van der Waals surface area contributed by atoms with Crippen LogP contribution >= 0.6 is 0 Å². The molecule has 4 nitrogen and oxygen atoms in total. The molecule has 1 aliphatic rings. The zero-order chi connectivity index (χ0) is 13.1. The molecule has 0 aromatic heterocycles. The molecule has 0 bridgehead atoms. The number of carbonyl (C=O) groups is 1. The second-order valence-corrected chi connectivity index (χ2v) is 4.69. The summed E-state index contributed by atoms with van der Waals surface area (Å²) in [5.41, 5.74) is 0.462. The number of rotatable bonds is 4. The largest absolute Gasteiger partial charge is 0.478 e. The van der Waals surface area contributed by atoms with E-state index >= 15 is 0 Å². The molecule has 1 aliphatic heterocycles. The first-order valence-electron chi connectivity index (χ1n) is 5.95. The highest BCUT2D eigenvalue weighted by molar-refractivity contribution is 5.87. The Balaban J connectivity index is 2.02. The molecule has 1 heterocycles. The van der Waals surface area contributed by atoms with Gasteiger partial charge < -0.3 is 10.2 Å². The summed E-state index contributed by atoms with van der Waals surface area (Å²) in [6.07, 6.45) is 0.951. The summed E-state index contributed by atoms with van der Waals surface area (Å²) in [6.45, 7) is 2.46. The number of likely N-dealkylation sites (tertiary alicyclic amines) is 1. The Bertz CT molecular complexity index is 450. The average molecular weight is 253 g/mol. The third-order valence-corrected chi connectivity index (χ3v) is 3.30. The fraction of sp³-hybridized carbons (Fsp3) is 0.462. The summed E-state index contributed by atoms with van der Waals surface area (Å²) < 4.78 is 13.5. The summed E-state index contributed by atoms with van der Waals surface area (Å²) in [6, 6.07) is 4.21. The number of aromatic carboxylic acids is 1. The number of carboxylic acids is 1. The molecule has 1 aromatic rings. The summed E-state index contributed by atoms with van der Waals surface area (Å²) in [5, 5.41) is 17.8. The van der Waals surface area contributed by atoms with Gasteiger partial charge in [-0.05, 0) is 36.6 Å². The van der Waals surface area contributed by atoms with Crippen molar-refractivity contribution < 1.29 is 19.4 Å². The quantitative estimate of drug-likeness (QED) is 0.850. The number of carboxylic acid groups (broad SMARTS) is 1. The maximum Gasteiger partial charge on any atom is 0.338 e.